The minimum Gasteiger partial charge on any atom is -0.462 e. The molecule has 0 N–H and O–H groups in total. The standard InChI is InChI=1S/C53H96O6/c1-4-7-10-13-16-19-22-24-25-26-27-29-31-34-37-40-43-46-52(55)58-49-50(48-57-51(54)45-42-39-36-33-30-21-18-15-12-9-6-3)59-53(56)47-44-41-38-35-32-28-23-20-17-14-11-8-5-2/h15-16,18-19,24-25,50H,4-14,17,20-23,26-49H2,1-3H3/b18-15-,19-16-,25-24-/t50-/m0/s1. The Kier molecular flexibility index (Phi) is 46.4. The lowest BCUT2D eigenvalue weighted by Gasteiger charge is -2.18. The van der Waals surface area contributed by atoms with Gasteiger partial charge in [-0.1, -0.05) is 211 Å². The summed E-state index contributed by atoms with van der Waals surface area (Å²) in [6.45, 7) is 6.57. The minimum atomic E-state index is -0.774. The molecule has 344 valence electrons. The van der Waals surface area contributed by atoms with Crippen molar-refractivity contribution in [3.8, 4) is 0 Å². The van der Waals surface area contributed by atoms with Crippen molar-refractivity contribution in [1.82, 2.24) is 0 Å². The Morgan fingerprint density at radius 1 is 0.339 bits per heavy atom. The fraction of sp³-hybridized carbons (Fsp3) is 0.830. The number of hydrogen-bond acceptors (Lipinski definition) is 6. The normalized spacial score (nSPS) is 12.3. The van der Waals surface area contributed by atoms with Crippen LogP contribution in [0, 0.1) is 0 Å². The Labute approximate surface area is 365 Å². The van der Waals surface area contributed by atoms with E-state index in [1.165, 1.54) is 148 Å². The maximum atomic E-state index is 12.8. The topological polar surface area (TPSA) is 78.9 Å². The van der Waals surface area contributed by atoms with Crippen molar-refractivity contribution in [2.45, 2.75) is 271 Å². The van der Waals surface area contributed by atoms with Crippen LogP contribution in [0.15, 0.2) is 36.5 Å². The van der Waals surface area contributed by atoms with Crippen molar-refractivity contribution in [2.75, 3.05) is 13.2 Å². The highest BCUT2D eigenvalue weighted by molar-refractivity contribution is 5.71. The summed E-state index contributed by atoms with van der Waals surface area (Å²) >= 11 is 0. The van der Waals surface area contributed by atoms with E-state index < -0.39 is 6.10 Å². The van der Waals surface area contributed by atoms with Gasteiger partial charge in [-0.25, -0.2) is 0 Å². The van der Waals surface area contributed by atoms with Crippen LogP contribution >= 0.6 is 0 Å². The van der Waals surface area contributed by atoms with Gasteiger partial charge >= 0.3 is 17.9 Å². The van der Waals surface area contributed by atoms with Gasteiger partial charge in [0.2, 0.25) is 0 Å². The number of rotatable bonds is 46. The molecule has 0 saturated heterocycles. The van der Waals surface area contributed by atoms with E-state index in [4.69, 9.17) is 14.2 Å². The summed E-state index contributed by atoms with van der Waals surface area (Å²) in [7, 11) is 0. The monoisotopic (exact) mass is 829 g/mol. The summed E-state index contributed by atoms with van der Waals surface area (Å²) in [4.78, 5) is 37.9. The van der Waals surface area contributed by atoms with E-state index in [9.17, 15) is 14.4 Å². The van der Waals surface area contributed by atoms with Gasteiger partial charge in [0, 0.05) is 19.3 Å². The zero-order chi connectivity index (χ0) is 43.0. The molecule has 0 heterocycles. The van der Waals surface area contributed by atoms with E-state index in [0.29, 0.717) is 19.3 Å². The molecule has 6 heteroatoms. The third kappa shape index (κ3) is 46.5. The molecular weight excluding hydrogens is 733 g/mol. The molecule has 0 fully saturated rings. The van der Waals surface area contributed by atoms with Crippen LogP contribution in [0.25, 0.3) is 0 Å². The van der Waals surface area contributed by atoms with Crippen LogP contribution < -0.4 is 0 Å². The third-order valence-corrected chi connectivity index (χ3v) is 11.1. The maximum Gasteiger partial charge on any atom is 0.306 e. The molecule has 0 rings (SSSR count). The lowest BCUT2D eigenvalue weighted by atomic mass is 10.0. The molecule has 0 bridgehead atoms. The number of ether oxygens (including phenoxy) is 3. The number of carbonyl (C=O) groups is 3. The molecule has 0 unspecified atom stereocenters. The number of hydrogen-bond donors (Lipinski definition) is 0. The zero-order valence-corrected chi connectivity index (χ0v) is 39.3. The minimum absolute atomic E-state index is 0.0763. The molecule has 0 aliphatic rings. The van der Waals surface area contributed by atoms with Crippen LogP contribution in [0.4, 0.5) is 0 Å². The van der Waals surface area contributed by atoms with Crippen molar-refractivity contribution in [1.29, 1.82) is 0 Å². The van der Waals surface area contributed by atoms with Crippen LogP contribution in [0.5, 0.6) is 0 Å². The average molecular weight is 829 g/mol. The molecule has 0 aliphatic carbocycles. The van der Waals surface area contributed by atoms with Crippen molar-refractivity contribution in [3.63, 3.8) is 0 Å². The molecule has 0 amide bonds. The number of esters is 3. The molecule has 0 aromatic heterocycles. The van der Waals surface area contributed by atoms with E-state index in [1.807, 2.05) is 0 Å². The average Bonchev–Trinajstić information content (AvgIpc) is 3.23. The zero-order valence-electron chi connectivity index (χ0n) is 39.3. The molecular formula is C53H96O6. The highest BCUT2D eigenvalue weighted by atomic mass is 16.6. The molecule has 59 heavy (non-hydrogen) atoms. The van der Waals surface area contributed by atoms with Gasteiger partial charge in [0.15, 0.2) is 6.10 Å². The molecule has 6 nitrogen and oxygen atoms in total. The molecule has 0 aliphatic heterocycles. The molecule has 0 spiro atoms. The summed E-state index contributed by atoms with van der Waals surface area (Å²) in [5, 5.41) is 0. The molecule has 0 radical (unpaired) electrons. The predicted molar refractivity (Wildman–Crippen MR) is 252 cm³/mol. The van der Waals surface area contributed by atoms with Crippen molar-refractivity contribution in [2.24, 2.45) is 0 Å². The maximum absolute atomic E-state index is 12.8. The van der Waals surface area contributed by atoms with Crippen LogP contribution in [0.3, 0.4) is 0 Å². The molecule has 1 atom stereocenters. The second-order valence-electron chi connectivity index (χ2n) is 17.1. The van der Waals surface area contributed by atoms with Crippen molar-refractivity contribution < 1.29 is 28.6 Å². The second-order valence-corrected chi connectivity index (χ2v) is 17.1. The lowest BCUT2D eigenvalue weighted by Crippen LogP contribution is -2.30. The van der Waals surface area contributed by atoms with Crippen LogP contribution in [-0.4, -0.2) is 37.2 Å². The third-order valence-electron chi connectivity index (χ3n) is 11.1. The van der Waals surface area contributed by atoms with Gasteiger partial charge in [-0.15, -0.1) is 0 Å². The Balaban J connectivity index is 4.34. The van der Waals surface area contributed by atoms with Gasteiger partial charge < -0.3 is 14.2 Å². The van der Waals surface area contributed by atoms with Gasteiger partial charge in [0.1, 0.15) is 13.2 Å². The highest BCUT2D eigenvalue weighted by Crippen LogP contribution is 2.15. The summed E-state index contributed by atoms with van der Waals surface area (Å²) in [6.07, 6.45) is 55.5. The lowest BCUT2D eigenvalue weighted by molar-refractivity contribution is -0.167. The smallest absolute Gasteiger partial charge is 0.306 e. The number of carbonyl (C=O) groups excluding carboxylic acids is 3. The second kappa shape index (κ2) is 48.3. The number of allylic oxidation sites excluding steroid dienone is 6. The van der Waals surface area contributed by atoms with Gasteiger partial charge in [0.25, 0.3) is 0 Å². The van der Waals surface area contributed by atoms with E-state index in [0.717, 1.165) is 77.0 Å². The van der Waals surface area contributed by atoms with Crippen molar-refractivity contribution >= 4 is 17.9 Å². The summed E-state index contributed by atoms with van der Waals surface area (Å²) in [5.41, 5.74) is 0. The predicted octanol–water partition coefficient (Wildman–Crippen LogP) is 16.5. The summed E-state index contributed by atoms with van der Waals surface area (Å²) < 4.78 is 16.8. The van der Waals surface area contributed by atoms with E-state index >= 15 is 0 Å². The summed E-state index contributed by atoms with van der Waals surface area (Å²) in [6, 6.07) is 0. The summed E-state index contributed by atoms with van der Waals surface area (Å²) in [5.74, 6) is -0.884. The fourth-order valence-corrected chi connectivity index (χ4v) is 7.22. The van der Waals surface area contributed by atoms with Gasteiger partial charge in [-0.05, 0) is 70.6 Å². The van der Waals surface area contributed by atoms with Gasteiger partial charge in [-0.3, -0.25) is 14.4 Å². The van der Waals surface area contributed by atoms with E-state index in [-0.39, 0.29) is 31.1 Å². The fourth-order valence-electron chi connectivity index (χ4n) is 7.22. The van der Waals surface area contributed by atoms with Gasteiger partial charge in [-0.2, -0.15) is 0 Å². The first-order chi connectivity index (χ1) is 29.0. The quantitative estimate of drug-likeness (QED) is 0.0263. The number of unbranched alkanes of at least 4 members (excludes halogenated alkanes) is 29. The Bertz CT molecular complexity index is 1000. The molecule has 0 aromatic rings. The van der Waals surface area contributed by atoms with Crippen LogP contribution in [0.1, 0.15) is 265 Å². The van der Waals surface area contributed by atoms with Crippen LogP contribution in [-0.2, 0) is 28.6 Å². The Hall–Kier alpha value is -2.37. The van der Waals surface area contributed by atoms with Crippen LogP contribution in [0.2, 0.25) is 0 Å². The Morgan fingerprint density at radius 2 is 0.627 bits per heavy atom. The van der Waals surface area contributed by atoms with Crippen molar-refractivity contribution in [3.05, 3.63) is 36.5 Å². The molecule has 0 saturated carbocycles. The van der Waals surface area contributed by atoms with E-state index in [2.05, 4.69) is 57.2 Å². The largest absolute Gasteiger partial charge is 0.462 e. The molecule has 0 aromatic carbocycles. The van der Waals surface area contributed by atoms with E-state index in [1.54, 1.807) is 0 Å². The SMILES string of the molecule is CCCC/C=C\CCCCCCCC(=O)OC[C@@H](COC(=O)CCCCCCCCC/C=C\C/C=C\CCCCC)OC(=O)CCCCCCCCCCCCCCC. The Morgan fingerprint density at radius 3 is 1.03 bits per heavy atom. The first-order valence-corrected chi connectivity index (χ1v) is 25.5. The first-order valence-electron chi connectivity index (χ1n) is 25.5. The first kappa shape index (κ1) is 56.6. The van der Waals surface area contributed by atoms with Gasteiger partial charge in [0.05, 0.1) is 0 Å². The highest BCUT2D eigenvalue weighted by Gasteiger charge is 2.19.